The van der Waals surface area contributed by atoms with Crippen LogP contribution in [0.5, 0.6) is 0 Å². The molecule has 0 aliphatic heterocycles. The molecular formula is C36H22N4O. The molecule has 0 fully saturated rings. The maximum Gasteiger partial charge on any atom is 0.228 e. The quantitative estimate of drug-likeness (QED) is 0.229. The molecular weight excluding hydrogens is 504 g/mol. The van der Waals surface area contributed by atoms with Crippen molar-refractivity contribution in [3.63, 3.8) is 0 Å². The Morgan fingerprint density at radius 1 is 0.390 bits per heavy atom. The number of furan rings is 1. The monoisotopic (exact) mass is 526 g/mol. The van der Waals surface area contributed by atoms with Crippen molar-refractivity contribution in [2.24, 2.45) is 0 Å². The van der Waals surface area contributed by atoms with Gasteiger partial charge >= 0.3 is 0 Å². The van der Waals surface area contributed by atoms with E-state index in [0.717, 1.165) is 55.1 Å². The highest BCUT2D eigenvalue weighted by Crippen LogP contribution is 2.40. The molecule has 0 radical (unpaired) electrons. The summed E-state index contributed by atoms with van der Waals surface area (Å²) in [5.41, 5.74) is 7.35. The van der Waals surface area contributed by atoms with Crippen LogP contribution in [0.15, 0.2) is 138 Å². The van der Waals surface area contributed by atoms with Crippen LogP contribution in [0.1, 0.15) is 0 Å². The van der Waals surface area contributed by atoms with Crippen molar-refractivity contribution in [1.29, 1.82) is 0 Å². The van der Waals surface area contributed by atoms with Crippen LogP contribution in [-0.4, -0.2) is 19.9 Å². The largest absolute Gasteiger partial charge is 0.438 e. The summed E-state index contributed by atoms with van der Waals surface area (Å²) in [6.07, 6.45) is 0. The maximum atomic E-state index is 6.19. The molecule has 3 aromatic heterocycles. The van der Waals surface area contributed by atoms with Crippen molar-refractivity contribution in [2.75, 3.05) is 0 Å². The highest BCUT2D eigenvalue weighted by molar-refractivity contribution is 6.18. The molecule has 8 rings (SSSR count). The van der Waals surface area contributed by atoms with E-state index in [1.807, 2.05) is 91.0 Å². The Labute approximate surface area is 235 Å². The summed E-state index contributed by atoms with van der Waals surface area (Å²) in [7, 11) is 0. The average molecular weight is 527 g/mol. The van der Waals surface area contributed by atoms with Crippen LogP contribution in [0.4, 0.5) is 0 Å². The summed E-state index contributed by atoms with van der Waals surface area (Å²) in [5, 5.41) is 3.15. The van der Waals surface area contributed by atoms with E-state index in [-0.39, 0.29) is 0 Å². The summed E-state index contributed by atoms with van der Waals surface area (Å²) >= 11 is 0. The fourth-order valence-corrected chi connectivity index (χ4v) is 5.40. The topological polar surface area (TPSA) is 64.7 Å². The normalized spacial score (nSPS) is 11.4. The van der Waals surface area contributed by atoms with Gasteiger partial charge in [-0.1, -0.05) is 121 Å². The van der Waals surface area contributed by atoms with Crippen LogP contribution in [0, 0.1) is 0 Å². The van der Waals surface area contributed by atoms with Crippen LogP contribution < -0.4 is 0 Å². The van der Waals surface area contributed by atoms with Crippen molar-refractivity contribution in [3.05, 3.63) is 133 Å². The van der Waals surface area contributed by atoms with Crippen LogP contribution in [0.3, 0.4) is 0 Å². The van der Waals surface area contributed by atoms with E-state index in [2.05, 4.69) is 42.5 Å². The predicted octanol–water partition coefficient (Wildman–Crippen LogP) is 8.99. The molecule has 0 aliphatic carbocycles. The number of aromatic nitrogens is 4. The molecule has 0 unspecified atom stereocenters. The van der Waals surface area contributed by atoms with Crippen molar-refractivity contribution < 1.29 is 4.42 Å². The van der Waals surface area contributed by atoms with Gasteiger partial charge in [0.15, 0.2) is 17.5 Å². The lowest BCUT2D eigenvalue weighted by Crippen LogP contribution is -2.00. The maximum absolute atomic E-state index is 6.19. The van der Waals surface area contributed by atoms with E-state index in [1.165, 1.54) is 0 Å². The summed E-state index contributed by atoms with van der Waals surface area (Å²) in [6.45, 7) is 0. The second kappa shape index (κ2) is 9.50. The van der Waals surface area contributed by atoms with Gasteiger partial charge in [0.05, 0.1) is 10.9 Å². The number of para-hydroxylation sites is 2. The van der Waals surface area contributed by atoms with Crippen molar-refractivity contribution >= 4 is 33.0 Å². The second-order valence-corrected chi connectivity index (χ2v) is 9.90. The smallest absolute Gasteiger partial charge is 0.228 e. The van der Waals surface area contributed by atoms with Gasteiger partial charge in [-0.2, -0.15) is 0 Å². The van der Waals surface area contributed by atoms with E-state index in [1.54, 1.807) is 0 Å². The van der Waals surface area contributed by atoms with E-state index in [0.29, 0.717) is 23.2 Å². The Kier molecular flexibility index (Phi) is 5.38. The van der Waals surface area contributed by atoms with Crippen LogP contribution >= 0.6 is 0 Å². The van der Waals surface area contributed by atoms with Gasteiger partial charge in [-0.3, -0.25) is 0 Å². The fourth-order valence-electron chi connectivity index (χ4n) is 5.40. The van der Waals surface area contributed by atoms with Crippen LogP contribution in [0.2, 0.25) is 0 Å². The number of rotatable bonds is 4. The van der Waals surface area contributed by atoms with Crippen molar-refractivity contribution in [3.8, 4) is 45.3 Å². The Hall–Kier alpha value is -5.68. The minimum atomic E-state index is 0.628. The van der Waals surface area contributed by atoms with E-state index >= 15 is 0 Å². The number of hydrogen-bond donors (Lipinski definition) is 0. The minimum Gasteiger partial charge on any atom is -0.438 e. The average Bonchev–Trinajstić information content (AvgIpc) is 3.42. The minimum absolute atomic E-state index is 0.628. The van der Waals surface area contributed by atoms with Crippen LogP contribution in [0.25, 0.3) is 78.3 Å². The second-order valence-electron chi connectivity index (χ2n) is 9.90. The van der Waals surface area contributed by atoms with Gasteiger partial charge in [0.1, 0.15) is 5.58 Å². The molecule has 5 heteroatoms. The van der Waals surface area contributed by atoms with E-state index in [4.69, 9.17) is 24.4 Å². The SMILES string of the molecule is c1ccc(-c2nc(-c3ccccc3)nc(-c3ccc(-c4c5ccccc5nc5oc6ccccc6c45)cc3)n2)cc1. The van der Waals surface area contributed by atoms with Gasteiger partial charge in [0.25, 0.3) is 0 Å². The number of pyridine rings is 1. The first-order valence-corrected chi connectivity index (χ1v) is 13.5. The molecule has 5 nitrogen and oxygen atoms in total. The Morgan fingerprint density at radius 3 is 1.51 bits per heavy atom. The third kappa shape index (κ3) is 4.03. The standard InChI is InChI=1S/C36H22N4O/c1-3-11-24(12-4-1)33-38-34(25-13-5-2-6-14-25)40-35(39-33)26-21-19-23(20-22-26)31-27-15-7-9-17-29(27)37-36-32(31)28-16-8-10-18-30(28)41-36/h1-22H. The molecule has 0 aliphatic rings. The van der Waals surface area contributed by atoms with Gasteiger partial charge in [-0.15, -0.1) is 0 Å². The zero-order chi connectivity index (χ0) is 27.2. The summed E-state index contributed by atoms with van der Waals surface area (Å²) < 4.78 is 6.19. The third-order valence-corrected chi connectivity index (χ3v) is 7.35. The first-order chi connectivity index (χ1) is 20.3. The lowest BCUT2D eigenvalue weighted by atomic mass is 9.95. The molecule has 5 aromatic carbocycles. The van der Waals surface area contributed by atoms with E-state index in [9.17, 15) is 0 Å². The first kappa shape index (κ1) is 23.2. The predicted molar refractivity (Wildman–Crippen MR) is 164 cm³/mol. The number of nitrogens with zero attached hydrogens (tertiary/aromatic N) is 4. The van der Waals surface area contributed by atoms with Gasteiger partial charge in [-0.25, -0.2) is 19.9 Å². The third-order valence-electron chi connectivity index (χ3n) is 7.35. The zero-order valence-corrected chi connectivity index (χ0v) is 21.9. The molecule has 0 amide bonds. The van der Waals surface area contributed by atoms with Gasteiger partial charge in [0, 0.05) is 33.0 Å². The summed E-state index contributed by atoms with van der Waals surface area (Å²) in [6, 6.07) is 44.8. The van der Waals surface area contributed by atoms with Crippen LogP contribution in [-0.2, 0) is 0 Å². The lowest BCUT2D eigenvalue weighted by Gasteiger charge is -2.11. The molecule has 0 atom stereocenters. The number of benzene rings is 5. The van der Waals surface area contributed by atoms with Gasteiger partial charge in [0.2, 0.25) is 5.71 Å². The van der Waals surface area contributed by atoms with Crippen molar-refractivity contribution in [1.82, 2.24) is 19.9 Å². The highest BCUT2D eigenvalue weighted by Gasteiger charge is 2.18. The Bertz CT molecular complexity index is 2130. The molecule has 0 bridgehead atoms. The molecule has 0 saturated heterocycles. The molecule has 0 saturated carbocycles. The molecule has 3 heterocycles. The molecule has 0 N–H and O–H groups in total. The number of hydrogen-bond acceptors (Lipinski definition) is 5. The lowest BCUT2D eigenvalue weighted by molar-refractivity contribution is 0.656. The van der Waals surface area contributed by atoms with Gasteiger partial charge in [-0.05, 0) is 17.7 Å². The van der Waals surface area contributed by atoms with Crippen molar-refractivity contribution in [2.45, 2.75) is 0 Å². The first-order valence-electron chi connectivity index (χ1n) is 13.5. The highest BCUT2D eigenvalue weighted by atomic mass is 16.3. The molecule has 8 aromatic rings. The van der Waals surface area contributed by atoms with E-state index < -0.39 is 0 Å². The zero-order valence-electron chi connectivity index (χ0n) is 21.9. The Morgan fingerprint density at radius 2 is 0.878 bits per heavy atom. The Balaban J connectivity index is 1.31. The fraction of sp³-hybridized carbons (Fsp3) is 0. The van der Waals surface area contributed by atoms with Gasteiger partial charge < -0.3 is 4.42 Å². The summed E-state index contributed by atoms with van der Waals surface area (Å²) in [5.74, 6) is 1.92. The number of fused-ring (bicyclic) bond motifs is 4. The molecule has 0 spiro atoms. The molecule has 41 heavy (non-hydrogen) atoms. The molecule has 192 valence electrons. The summed E-state index contributed by atoms with van der Waals surface area (Å²) in [4.78, 5) is 19.4.